The predicted octanol–water partition coefficient (Wildman–Crippen LogP) is 2.15. The van der Waals surface area contributed by atoms with Crippen LogP contribution >= 0.6 is 25.3 Å². The number of hydrogen-bond acceptors (Lipinski definition) is 5. The molecule has 0 radical (unpaired) electrons. The standard InChI is InChI=1S/C15H32N2O2S2/c1-12(2)5-9-19-15(3,4)6-7-16-13(11-21)14(18)17-8-10-20/h12-13,16,20-21H,5-11H2,1-4H3,(H,17,18). The number of nitrogens with one attached hydrogen (secondary N) is 2. The highest BCUT2D eigenvalue weighted by Crippen LogP contribution is 2.15. The van der Waals surface area contributed by atoms with E-state index in [-0.39, 0.29) is 17.6 Å². The zero-order valence-electron chi connectivity index (χ0n) is 13.8. The predicted molar refractivity (Wildman–Crippen MR) is 96.6 cm³/mol. The molecule has 4 nitrogen and oxygen atoms in total. The first-order valence-corrected chi connectivity index (χ1v) is 8.95. The van der Waals surface area contributed by atoms with Crippen molar-refractivity contribution in [2.45, 2.75) is 52.2 Å². The van der Waals surface area contributed by atoms with Gasteiger partial charge in [0.1, 0.15) is 0 Å². The second kappa shape index (κ2) is 11.6. The van der Waals surface area contributed by atoms with Crippen LogP contribution in [0.15, 0.2) is 0 Å². The molecule has 2 N–H and O–H groups in total. The summed E-state index contributed by atoms with van der Waals surface area (Å²) in [5.74, 6) is 1.76. The van der Waals surface area contributed by atoms with Crippen molar-refractivity contribution in [1.82, 2.24) is 10.6 Å². The summed E-state index contributed by atoms with van der Waals surface area (Å²) in [7, 11) is 0. The van der Waals surface area contributed by atoms with Crippen molar-refractivity contribution in [3.05, 3.63) is 0 Å². The molecule has 0 fully saturated rings. The van der Waals surface area contributed by atoms with Crippen LogP contribution in [0.25, 0.3) is 0 Å². The molecule has 0 heterocycles. The monoisotopic (exact) mass is 336 g/mol. The minimum Gasteiger partial charge on any atom is -0.376 e. The number of rotatable bonds is 12. The Bertz CT molecular complexity index is 287. The van der Waals surface area contributed by atoms with Crippen LogP contribution in [0.5, 0.6) is 0 Å². The summed E-state index contributed by atoms with van der Waals surface area (Å²) in [6.07, 6.45) is 1.93. The first-order chi connectivity index (χ1) is 9.82. The number of ether oxygens (including phenoxy) is 1. The van der Waals surface area contributed by atoms with Crippen LogP contribution in [-0.4, -0.2) is 48.8 Å². The molecule has 21 heavy (non-hydrogen) atoms. The fourth-order valence-corrected chi connectivity index (χ4v) is 2.14. The number of carbonyl (C=O) groups excluding carboxylic acids is 1. The summed E-state index contributed by atoms with van der Waals surface area (Å²) >= 11 is 8.31. The molecule has 0 aromatic heterocycles. The van der Waals surface area contributed by atoms with Crippen LogP contribution in [0.1, 0.15) is 40.5 Å². The van der Waals surface area contributed by atoms with Crippen molar-refractivity contribution in [1.29, 1.82) is 0 Å². The largest absolute Gasteiger partial charge is 0.376 e. The van der Waals surface area contributed by atoms with Crippen LogP contribution in [0.4, 0.5) is 0 Å². The van der Waals surface area contributed by atoms with Crippen molar-refractivity contribution in [3.8, 4) is 0 Å². The van der Waals surface area contributed by atoms with Crippen LogP contribution < -0.4 is 10.6 Å². The first kappa shape index (κ1) is 21.1. The van der Waals surface area contributed by atoms with Gasteiger partial charge in [0.25, 0.3) is 0 Å². The quantitative estimate of drug-likeness (QED) is 0.413. The highest BCUT2D eigenvalue weighted by molar-refractivity contribution is 7.80. The Balaban J connectivity index is 3.99. The zero-order chi connectivity index (χ0) is 16.3. The summed E-state index contributed by atoms with van der Waals surface area (Å²) in [6, 6.07) is -0.264. The lowest BCUT2D eigenvalue weighted by atomic mass is 10.0. The maximum absolute atomic E-state index is 11.8. The molecule has 0 aromatic rings. The van der Waals surface area contributed by atoms with Gasteiger partial charge in [0.15, 0.2) is 0 Å². The third-order valence-corrected chi connectivity index (χ3v) is 3.80. The third-order valence-electron chi connectivity index (χ3n) is 3.22. The Kier molecular flexibility index (Phi) is 11.7. The average molecular weight is 337 g/mol. The molecule has 1 amide bonds. The molecular formula is C15H32N2O2S2. The van der Waals surface area contributed by atoms with E-state index in [9.17, 15) is 4.79 Å². The maximum Gasteiger partial charge on any atom is 0.238 e. The maximum atomic E-state index is 11.8. The molecule has 126 valence electrons. The highest BCUT2D eigenvalue weighted by Gasteiger charge is 2.20. The second-order valence-corrected chi connectivity index (χ2v) is 7.06. The van der Waals surface area contributed by atoms with Gasteiger partial charge in [-0.1, -0.05) is 13.8 Å². The van der Waals surface area contributed by atoms with E-state index in [1.807, 2.05) is 0 Å². The van der Waals surface area contributed by atoms with Crippen LogP contribution in [0.3, 0.4) is 0 Å². The normalized spacial score (nSPS) is 13.5. The highest BCUT2D eigenvalue weighted by atomic mass is 32.1. The molecule has 0 rings (SSSR count). The van der Waals surface area contributed by atoms with E-state index >= 15 is 0 Å². The topological polar surface area (TPSA) is 50.4 Å². The lowest BCUT2D eigenvalue weighted by Gasteiger charge is -2.27. The Morgan fingerprint density at radius 3 is 2.43 bits per heavy atom. The van der Waals surface area contributed by atoms with Gasteiger partial charge in [0.05, 0.1) is 11.6 Å². The molecule has 6 heteroatoms. The smallest absolute Gasteiger partial charge is 0.238 e. The third kappa shape index (κ3) is 11.3. The lowest BCUT2D eigenvalue weighted by molar-refractivity contribution is -0.122. The van der Waals surface area contributed by atoms with E-state index in [2.05, 4.69) is 63.6 Å². The lowest BCUT2D eigenvalue weighted by Crippen LogP contribution is -2.47. The SMILES string of the molecule is CC(C)CCOC(C)(C)CCNC(CS)C(=O)NCCS. The summed E-state index contributed by atoms with van der Waals surface area (Å²) in [5, 5.41) is 6.06. The molecule has 0 aliphatic heterocycles. The number of amides is 1. The summed E-state index contributed by atoms with van der Waals surface area (Å²) in [6.45, 7) is 10.7. The van der Waals surface area contributed by atoms with Crippen molar-refractivity contribution < 1.29 is 9.53 Å². The van der Waals surface area contributed by atoms with Crippen LogP contribution in [0, 0.1) is 5.92 Å². The molecule has 1 unspecified atom stereocenters. The van der Waals surface area contributed by atoms with E-state index < -0.39 is 0 Å². The second-order valence-electron chi connectivity index (χ2n) is 6.24. The van der Waals surface area contributed by atoms with E-state index in [0.29, 0.717) is 24.0 Å². The number of hydrogen-bond donors (Lipinski definition) is 4. The van der Waals surface area contributed by atoms with Gasteiger partial charge < -0.3 is 15.4 Å². The Morgan fingerprint density at radius 1 is 1.24 bits per heavy atom. The molecule has 0 bridgehead atoms. The van der Waals surface area contributed by atoms with E-state index in [0.717, 1.165) is 26.0 Å². The molecular weight excluding hydrogens is 304 g/mol. The molecule has 0 spiro atoms. The van der Waals surface area contributed by atoms with Gasteiger partial charge in [-0.25, -0.2) is 0 Å². The number of carbonyl (C=O) groups is 1. The molecule has 0 saturated carbocycles. The summed E-state index contributed by atoms with van der Waals surface area (Å²) in [4.78, 5) is 11.8. The van der Waals surface area contributed by atoms with Crippen molar-refractivity contribution in [2.75, 3.05) is 31.2 Å². The van der Waals surface area contributed by atoms with E-state index in [1.54, 1.807) is 0 Å². The summed E-state index contributed by atoms with van der Waals surface area (Å²) < 4.78 is 5.91. The van der Waals surface area contributed by atoms with Gasteiger partial charge in [0.2, 0.25) is 5.91 Å². The zero-order valence-corrected chi connectivity index (χ0v) is 15.6. The fraction of sp³-hybridized carbons (Fsp3) is 0.933. The van der Waals surface area contributed by atoms with Gasteiger partial charge in [-0.2, -0.15) is 25.3 Å². The van der Waals surface area contributed by atoms with Crippen molar-refractivity contribution in [3.63, 3.8) is 0 Å². The fourth-order valence-electron chi connectivity index (χ4n) is 1.73. The van der Waals surface area contributed by atoms with Gasteiger partial charge in [0, 0.05) is 24.7 Å². The summed E-state index contributed by atoms with van der Waals surface area (Å²) in [5.41, 5.74) is -0.176. The minimum atomic E-state index is -0.264. The molecule has 0 saturated heterocycles. The minimum absolute atomic E-state index is 0.0161. The van der Waals surface area contributed by atoms with Gasteiger partial charge in [-0.05, 0) is 39.2 Å². The molecule has 1 atom stereocenters. The Morgan fingerprint density at radius 2 is 1.90 bits per heavy atom. The van der Waals surface area contributed by atoms with Crippen molar-refractivity contribution >= 4 is 31.2 Å². The molecule has 0 aromatic carbocycles. The average Bonchev–Trinajstić information content (AvgIpc) is 2.40. The van der Waals surface area contributed by atoms with E-state index in [4.69, 9.17) is 4.74 Å². The van der Waals surface area contributed by atoms with Gasteiger partial charge in [-0.15, -0.1) is 0 Å². The van der Waals surface area contributed by atoms with Crippen molar-refractivity contribution in [2.24, 2.45) is 5.92 Å². The molecule has 0 aliphatic rings. The van der Waals surface area contributed by atoms with Crippen LogP contribution in [0.2, 0.25) is 0 Å². The van der Waals surface area contributed by atoms with Crippen LogP contribution in [-0.2, 0) is 9.53 Å². The van der Waals surface area contributed by atoms with Gasteiger partial charge in [-0.3, -0.25) is 4.79 Å². The Hall–Kier alpha value is 0.0900. The van der Waals surface area contributed by atoms with Gasteiger partial charge >= 0.3 is 0 Å². The molecule has 0 aliphatic carbocycles. The first-order valence-electron chi connectivity index (χ1n) is 7.69. The number of thiol groups is 2. The van der Waals surface area contributed by atoms with E-state index in [1.165, 1.54) is 0 Å². The Labute approximate surface area is 141 Å².